The number of nitrogens with two attached hydrogens (primary N) is 1. The van der Waals surface area contributed by atoms with Crippen LogP contribution in [-0.4, -0.2) is 81.9 Å². The Hall–Kier alpha value is -1.83. The van der Waals surface area contributed by atoms with Crippen LogP contribution in [0.5, 0.6) is 5.75 Å². The van der Waals surface area contributed by atoms with Gasteiger partial charge in [-0.05, 0) is 56.6 Å². The molecule has 0 spiro atoms. The highest BCUT2D eigenvalue weighted by atomic mass is 16.5. The third-order valence-corrected chi connectivity index (χ3v) is 5.58. The molecule has 1 unspecified atom stereocenters. The minimum Gasteiger partial charge on any atom is -0.497 e. The Labute approximate surface area is 168 Å². The van der Waals surface area contributed by atoms with E-state index in [9.17, 15) is 0 Å². The Morgan fingerprint density at radius 1 is 1.18 bits per heavy atom. The fourth-order valence-corrected chi connectivity index (χ4v) is 3.90. The average molecular weight is 390 g/mol. The van der Waals surface area contributed by atoms with Crippen LogP contribution in [0.1, 0.15) is 30.9 Å². The molecule has 2 heterocycles. The largest absolute Gasteiger partial charge is 0.497 e. The molecule has 0 bridgehead atoms. The lowest BCUT2D eigenvalue weighted by molar-refractivity contribution is 0.0376. The van der Waals surface area contributed by atoms with E-state index in [1.54, 1.807) is 7.11 Å². The van der Waals surface area contributed by atoms with E-state index < -0.39 is 0 Å². The first kappa shape index (κ1) is 20.9. The monoisotopic (exact) mass is 389 g/mol. The lowest BCUT2D eigenvalue weighted by atomic mass is 10.1. The molecule has 0 aromatic heterocycles. The maximum atomic E-state index is 6.13. The van der Waals surface area contributed by atoms with Crippen LogP contribution < -0.4 is 15.8 Å². The van der Waals surface area contributed by atoms with Gasteiger partial charge in [-0.3, -0.25) is 14.8 Å². The summed E-state index contributed by atoms with van der Waals surface area (Å²) in [5.74, 6) is 1.42. The van der Waals surface area contributed by atoms with Gasteiger partial charge in [0.25, 0.3) is 0 Å². The number of nitrogens with zero attached hydrogens (tertiary/aromatic N) is 3. The van der Waals surface area contributed by atoms with E-state index >= 15 is 0 Å². The second kappa shape index (κ2) is 11.2. The molecule has 7 heteroatoms. The van der Waals surface area contributed by atoms with Gasteiger partial charge in [0.2, 0.25) is 0 Å². The van der Waals surface area contributed by atoms with Gasteiger partial charge in [-0.25, -0.2) is 0 Å². The fourth-order valence-electron chi connectivity index (χ4n) is 3.90. The molecule has 156 valence electrons. The predicted octanol–water partition coefficient (Wildman–Crippen LogP) is 1.46. The number of hydrogen-bond acceptors (Lipinski definition) is 5. The van der Waals surface area contributed by atoms with Gasteiger partial charge in [-0.2, -0.15) is 0 Å². The summed E-state index contributed by atoms with van der Waals surface area (Å²) in [5, 5.41) is 3.27. The molecule has 0 saturated carbocycles. The number of likely N-dealkylation sites (tertiary alicyclic amines) is 1. The molecule has 1 atom stereocenters. The Morgan fingerprint density at radius 3 is 2.57 bits per heavy atom. The van der Waals surface area contributed by atoms with Gasteiger partial charge in [0.15, 0.2) is 5.96 Å². The zero-order valence-corrected chi connectivity index (χ0v) is 17.1. The van der Waals surface area contributed by atoms with E-state index in [4.69, 9.17) is 15.2 Å². The van der Waals surface area contributed by atoms with Crippen LogP contribution in [-0.2, 0) is 4.74 Å². The highest BCUT2D eigenvalue weighted by Crippen LogP contribution is 2.27. The predicted molar refractivity (Wildman–Crippen MR) is 113 cm³/mol. The minimum absolute atomic E-state index is 0.266. The Bertz CT molecular complexity index is 595. The van der Waals surface area contributed by atoms with Crippen LogP contribution in [0, 0.1) is 0 Å². The van der Waals surface area contributed by atoms with Crippen molar-refractivity contribution >= 4 is 5.96 Å². The van der Waals surface area contributed by atoms with Crippen molar-refractivity contribution in [2.24, 2.45) is 10.7 Å². The van der Waals surface area contributed by atoms with E-state index in [-0.39, 0.29) is 6.04 Å². The average Bonchev–Trinajstić information content (AvgIpc) is 3.27. The quantitative estimate of drug-likeness (QED) is 0.378. The van der Waals surface area contributed by atoms with E-state index in [1.807, 2.05) is 12.1 Å². The molecule has 2 fully saturated rings. The summed E-state index contributed by atoms with van der Waals surface area (Å²) in [4.78, 5) is 9.60. The van der Waals surface area contributed by atoms with Crippen LogP contribution in [0.3, 0.4) is 0 Å². The lowest BCUT2D eigenvalue weighted by Crippen LogP contribution is -2.39. The zero-order valence-electron chi connectivity index (χ0n) is 17.1. The number of guanidine groups is 1. The Kier molecular flexibility index (Phi) is 8.39. The van der Waals surface area contributed by atoms with Crippen LogP contribution in [0.2, 0.25) is 0 Å². The van der Waals surface area contributed by atoms with Gasteiger partial charge in [-0.15, -0.1) is 0 Å². The molecular formula is C21H35N5O2. The molecule has 0 aliphatic carbocycles. The third kappa shape index (κ3) is 6.36. The second-order valence-electron chi connectivity index (χ2n) is 7.49. The Morgan fingerprint density at radius 2 is 1.89 bits per heavy atom. The summed E-state index contributed by atoms with van der Waals surface area (Å²) >= 11 is 0. The van der Waals surface area contributed by atoms with Crippen molar-refractivity contribution in [3.05, 3.63) is 29.8 Å². The number of aliphatic imine (C=N–C) groups is 1. The molecular weight excluding hydrogens is 354 g/mol. The van der Waals surface area contributed by atoms with Crippen LogP contribution in [0.25, 0.3) is 0 Å². The van der Waals surface area contributed by atoms with Crippen LogP contribution in [0.4, 0.5) is 0 Å². The standard InChI is InChI=1S/C21H35N5O2/c1-27-19-7-5-18(6-8-19)20(26-11-2-3-12-26)17-24-21(22)23-9-4-10-25-13-15-28-16-14-25/h5-8,20H,2-4,9-17H2,1H3,(H3,22,23,24). The zero-order chi connectivity index (χ0) is 19.6. The summed E-state index contributed by atoms with van der Waals surface area (Å²) in [6.07, 6.45) is 3.57. The number of rotatable bonds is 9. The van der Waals surface area contributed by atoms with E-state index in [0.29, 0.717) is 12.5 Å². The number of benzene rings is 1. The summed E-state index contributed by atoms with van der Waals surface area (Å²) in [6, 6.07) is 8.60. The summed E-state index contributed by atoms with van der Waals surface area (Å²) in [7, 11) is 1.70. The van der Waals surface area contributed by atoms with Crippen molar-refractivity contribution < 1.29 is 9.47 Å². The Balaban J connectivity index is 1.48. The van der Waals surface area contributed by atoms with Gasteiger partial charge in [0.1, 0.15) is 5.75 Å². The van der Waals surface area contributed by atoms with Crippen molar-refractivity contribution in [2.75, 3.05) is 66.1 Å². The molecule has 2 aliphatic rings. The topological polar surface area (TPSA) is 75.3 Å². The first-order chi connectivity index (χ1) is 13.8. The second-order valence-corrected chi connectivity index (χ2v) is 7.49. The summed E-state index contributed by atoms with van der Waals surface area (Å²) in [6.45, 7) is 8.61. The minimum atomic E-state index is 0.266. The molecule has 0 amide bonds. The van der Waals surface area contributed by atoms with Crippen molar-refractivity contribution in [1.82, 2.24) is 15.1 Å². The third-order valence-electron chi connectivity index (χ3n) is 5.58. The van der Waals surface area contributed by atoms with Gasteiger partial charge >= 0.3 is 0 Å². The highest BCUT2D eigenvalue weighted by Gasteiger charge is 2.23. The molecule has 28 heavy (non-hydrogen) atoms. The fraction of sp³-hybridized carbons (Fsp3) is 0.667. The van der Waals surface area contributed by atoms with Gasteiger partial charge in [0.05, 0.1) is 32.9 Å². The maximum Gasteiger partial charge on any atom is 0.188 e. The van der Waals surface area contributed by atoms with Gasteiger partial charge in [0, 0.05) is 19.6 Å². The van der Waals surface area contributed by atoms with Crippen molar-refractivity contribution in [3.63, 3.8) is 0 Å². The molecule has 1 aromatic carbocycles. The SMILES string of the molecule is COc1ccc(C(CN=C(N)NCCCN2CCOCC2)N2CCCC2)cc1. The number of morpholine rings is 1. The highest BCUT2D eigenvalue weighted by molar-refractivity contribution is 5.77. The van der Waals surface area contributed by atoms with E-state index in [1.165, 1.54) is 18.4 Å². The summed E-state index contributed by atoms with van der Waals surface area (Å²) < 4.78 is 10.7. The summed E-state index contributed by atoms with van der Waals surface area (Å²) in [5.41, 5.74) is 7.40. The van der Waals surface area contributed by atoms with Crippen molar-refractivity contribution in [3.8, 4) is 5.75 Å². The van der Waals surface area contributed by atoms with E-state index in [2.05, 4.69) is 32.2 Å². The number of methoxy groups -OCH3 is 1. The van der Waals surface area contributed by atoms with Crippen LogP contribution >= 0.6 is 0 Å². The van der Waals surface area contributed by atoms with Crippen LogP contribution in [0.15, 0.2) is 29.3 Å². The first-order valence-corrected chi connectivity index (χ1v) is 10.5. The maximum absolute atomic E-state index is 6.13. The lowest BCUT2D eigenvalue weighted by Gasteiger charge is -2.27. The van der Waals surface area contributed by atoms with Crippen molar-refractivity contribution in [2.45, 2.75) is 25.3 Å². The number of hydrogen-bond donors (Lipinski definition) is 2. The number of nitrogens with one attached hydrogen (secondary N) is 1. The molecule has 7 nitrogen and oxygen atoms in total. The molecule has 2 aliphatic heterocycles. The molecule has 3 rings (SSSR count). The number of ether oxygens (including phenoxy) is 2. The molecule has 3 N–H and O–H groups in total. The first-order valence-electron chi connectivity index (χ1n) is 10.5. The van der Waals surface area contributed by atoms with Gasteiger partial charge in [-0.1, -0.05) is 12.1 Å². The molecule has 1 aromatic rings. The normalized spacial score (nSPS) is 20.2. The smallest absolute Gasteiger partial charge is 0.188 e. The molecule has 2 saturated heterocycles. The van der Waals surface area contributed by atoms with E-state index in [0.717, 1.165) is 64.7 Å². The molecule has 0 radical (unpaired) electrons. The van der Waals surface area contributed by atoms with Crippen molar-refractivity contribution in [1.29, 1.82) is 0 Å². The van der Waals surface area contributed by atoms with Gasteiger partial charge < -0.3 is 20.5 Å².